The van der Waals surface area contributed by atoms with Crippen molar-refractivity contribution in [3.05, 3.63) is 29.8 Å². The highest BCUT2D eigenvalue weighted by Gasteiger charge is 2.39. The van der Waals surface area contributed by atoms with E-state index in [2.05, 4.69) is 36.4 Å². The van der Waals surface area contributed by atoms with Crippen LogP contribution in [0.3, 0.4) is 0 Å². The summed E-state index contributed by atoms with van der Waals surface area (Å²) in [6.45, 7) is 8.90. The number of ether oxygens (including phenoxy) is 1. The number of hydroxylamine groups is 2. The van der Waals surface area contributed by atoms with Gasteiger partial charge in [0.15, 0.2) is 0 Å². The number of carbonyl (C=O) groups excluding carboxylic acids is 1. The number of hydrogen-bond acceptors (Lipinski definition) is 6. The largest absolute Gasteiger partial charge is 0.490 e. The Hall–Kier alpha value is -2.12. The van der Waals surface area contributed by atoms with Gasteiger partial charge < -0.3 is 20.2 Å². The number of rotatable bonds is 8. The summed E-state index contributed by atoms with van der Waals surface area (Å²) in [5, 5.41) is 8.17. The van der Waals surface area contributed by atoms with E-state index in [0.717, 1.165) is 44.0 Å². The monoisotopic (exact) mass is 402 g/mol. The summed E-state index contributed by atoms with van der Waals surface area (Å²) in [4.78, 5) is 22.6. The van der Waals surface area contributed by atoms with Gasteiger partial charge in [-0.25, -0.2) is 4.99 Å². The molecule has 0 saturated carbocycles. The standard InChI is InChI=1S/C22H34N4O3/c1-5-20(28-17-8-6-7-16(12-17)22(27)23-4)18-9-10-24-13-19(18)26-14-25-21(29-26)11-15(2)3/h6-8,12,15,18-20,24H,5,9-11,13-14H2,1-4H3,(H,23,27). The van der Waals surface area contributed by atoms with Gasteiger partial charge in [0.25, 0.3) is 5.91 Å². The lowest BCUT2D eigenvalue weighted by Gasteiger charge is -2.40. The lowest BCUT2D eigenvalue weighted by molar-refractivity contribution is -0.126. The van der Waals surface area contributed by atoms with E-state index in [-0.39, 0.29) is 18.1 Å². The van der Waals surface area contributed by atoms with Crippen molar-refractivity contribution in [3.63, 3.8) is 0 Å². The minimum atomic E-state index is -0.108. The Bertz CT molecular complexity index is 722. The fourth-order valence-electron chi connectivity index (χ4n) is 4.08. The first-order valence-electron chi connectivity index (χ1n) is 10.7. The Labute approximate surface area is 173 Å². The van der Waals surface area contributed by atoms with Gasteiger partial charge in [-0.15, -0.1) is 5.06 Å². The molecule has 0 aliphatic carbocycles. The molecule has 1 aromatic carbocycles. The number of nitrogens with one attached hydrogen (secondary N) is 2. The van der Waals surface area contributed by atoms with Crippen LogP contribution in [0.25, 0.3) is 0 Å². The molecule has 29 heavy (non-hydrogen) atoms. The Balaban J connectivity index is 1.69. The molecule has 160 valence electrons. The first-order chi connectivity index (χ1) is 14.0. The van der Waals surface area contributed by atoms with Gasteiger partial charge in [-0.3, -0.25) is 4.79 Å². The topological polar surface area (TPSA) is 75.2 Å². The first kappa shape index (κ1) is 21.6. The van der Waals surface area contributed by atoms with Gasteiger partial charge in [0.05, 0.1) is 6.04 Å². The van der Waals surface area contributed by atoms with Crippen LogP contribution in [0.4, 0.5) is 0 Å². The summed E-state index contributed by atoms with van der Waals surface area (Å²) in [6.07, 6.45) is 2.80. The van der Waals surface area contributed by atoms with Crippen LogP contribution in [-0.4, -0.2) is 55.8 Å². The molecule has 7 heteroatoms. The van der Waals surface area contributed by atoms with E-state index in [9.17, 15) is 4.79 Å². The summed E-state index contributed by atoms with van der Waals surface area (Å²) in [7, 11) is 1.63. The van der Waals surface area contributed by atoms with Crippen molar-refractivity contribution >= 4 is 11.8 Å². The van der Waals surface area contributed by atoms with Crippen molar-refractivity contribution in [2.75, 3.05) is 26.8 Å². The normalized spacial score (nSPS) is 23.4. The molecule has 2 heterocycles. The van der Waals surface area contributed by atoms with E-state index < -0.39 is 0 Å². The Morgan fingerprint density at radius 2 is 2.28 bits per heavy atom. The van der Waals surface area contributed by atoms with Crippen LogP contribution in [-0.2, 0) is 4.84 Å². The molecule has 1 amide bonds. The van der Waals surface area contributed by atoms with E-state index in [1.807, 2.05) is 23.3 Å². The maximum absolute atomic E-state index is 11.9. The van der Waals surface area contributed by atoms with E-state index in [1.165, 1.54) is 0 Å². The molecule has 3 atom stereocenters. The van der Waals surface area contributed by atoms with Gasteiger partial charge in [0.2, 0.25) is 5.90 Å². The Morgan fingerprint density at radius 3 is 3.00 bits per heavy atom. The number of carbonyl (C=O) groups is 1. The number of piperidine rings is 1. The Morgan fingerprint density at radius 1 is 1.45 bits per heavy atom. The molecule has 3 rings (SSSR count). The van der Waals surface area contributed by atoms with Crippen molar-refractivity contribution in [2.24, 2.45) is 16.8 Å². The summed E-state index contributed by atoms with van der Waals surface area (Å²) in [5.41, 5.74) is 0.608. The van der Waals surface area contributed by atoms with Crippen LogP contribution in [0.2, 0.25) is 0 Å². The summed E-state index contributed by atoms with van der Waals surface area (Å²) in [6, 6.07) is 7.59. The molecular weight excluding hydrogens is 368 g/mol. The highest BCUT2D eigenvalue weighted by Crippen LogP contribution is 2.29. The van der Waals surface area contributed by atoms with Gasteiger partial charge in [-0.2, -0.15) is 0 Å². The van der Waals surface area contributed by atoms with E-state index >= 15 is 0 Å². The van der Waals surface area contributed by atoms with Crippen molar-refractivity contribution in [1.29, 1.82) is 0 Å². The van der Waals surface area contributed by atoms with E-state index in [1.54, 1.807) is 13.1 Å². The maximum Gasteiger partial charge on any atom is 0.251 e. The third-order valence-electron chi connectivity index (χ3n) is 5.55. The molecule has 7 nitrogen and oxygen atoms in total. The number of hydrogen-bond donors (Lipinski definition) is 2. The van der Waals surface area contributed by atoms with Crippen molar-refractivity contribution in [1.82, 2.24) is 15.7 Å². The first-order valence-corrected chi connectivity index (χ1v) is 10.7. The van der Waals surface area contributed by atoms with Crippen LogP contribution in [0.5, 0.6) is 5.75 Å². The van der Waals surface area contributed by atoms with Crippen LogP contribution < -0.4 is 15.4 Å². The van der Waals surface area contributed by atoms with E-state index in [0.29, 0.717) is 24.1 Å². The van der Waals surface area contributed by atoms with Crippen molar-refractivity contribution in [3.8, 4) is 5.75 Å². The molecule has 1 saturated heterocycles. The summed E-state index contributed by atoms with van der Waals surface area (Å²) < 4.78 is 6.39. The maximum atomic E-state index is 11.9. The summed E-state index contributed by atoms with van der Waals surface area (Å²) >= 11 is 0. The van der Waals surface area contributed by atoms with Gasteiger partial charge in [-0.1, -0.05) is 26.8 Å². The van der Waals surface area contributed by atoms with Gasteiger partial charge in [0, 0.05) is 31.5 Å². The quantitative estimate of drug-likeness (QED) is 0.699. The molecule has 2 N–H and O–H groups in total. The zero-order valence-electron chi connectivity index (χ0n) is 18.0. The second-order valence-corrected chi connectivity index (χ2v) is 8.20. The minimum absolute atomic E-state index is 0.0415. The molecule has 0 aromatic heterocycles. The zero-order valence-corrected chi connectivity index (χ0v) is 18.0. The highest BCUT2D eigenvalue weighted by atomic mass is 16.7. The molecule has 3 unspecified atom stereocenters. The van der Waals surface area contributed by atoms with Crippen molar-refractivity contribution < 1.29 is 14.4 Å². The van der Waals surface area contributed by atoms with Gasteiger partial charge in [-0.05, 0) is 43.5 Å². The second-order valence-electron chi connectivity index (χ2n) is 8.20. The molecule has 0 radical (unpaired) electrons. The molecule has 2 aliphatic heterocycles. The predicted octanol–water partition coefficient (Wildman–Crippen LogP) is 2.83. The van der Waals surface area contributed by atoms with E-state index in [4.69, 9.17) is 9.57 Å². The van der Waals surface area contributed by atoms with Crippen LogP contribution in [0, 0.1) is 11.8 Å². The number of benzene rings is 1. The average Bonchev–Trinajstić information content (AvgIpc) is 3.19. The minimum Gasteiger partial charge on any atom is -0.490 e. The van der Waals surface area contributed by atoms with Gasteiger partial charge >= 0.3 is 0 Å². The smallest absolute Gasteiger partial charge is 0.251 e. The number of amides is 1. The second kappa shape index (κ2) is 10.1. The lowest BCUT2D eigenvalue weighted by atomic mass is 9.86. The predicted molar refractivity (Wildman–Crippen MR) is 114 cm³/mol. The van der Waals surface area contributed by atoms with Gasteiger partial charge in [0.1, 0.15) is 18.5 Å². The lowest BCUT2D eigenvalue weighted by Crippen LogP contribution is -2.54. The van der Waals surface area contributed by atoms with Crippen LogP contribution in [0.15, 0.2) is 29.3 Å². The molecule has 1 fully saturated rings. The molecule has 0 bridgehead atoms. The average molecular weight is 403 g/mol. The highest BCUT2D eigenvalue weighted by molar-refractivity contribution is 5.94. The molecule has 2 aliphatic rings. The van der Waals surface area contributed by atoms with Crippen LogP contribution >= 0.6 is 0 Å². The number of nitrogens with zero attached hydrogens (tertiary/aromatic N) is 2. The molecular formula is C22H34N4O3. The SMILES string of the molecule is CCC(Oc1cccc(C(=O)NC)c1)C1CCNCC1N1CN=C(CC(C)C)O1. The van der Waals surface area contributed by atoms with Crippen molar-refractivity contribution in [2.45, 2.75) is 52.2 Å². The zero-order chi connectivity index (χ0) is 20.8. The Kier molecular flexibility index (Phi) is 7.50. The number of aliphatic imine (C=N–C) groups is 1. The third-order valence-corrected chi connectivity index (χ3v) is 5.55. The molecule has 1 aromatic rings. The molecule has 0 spiro atoms. The fourth-order valence-corrected chi connectivity index (χ4v) is 4.08. The third kappa shape index (κ3) is 5.48. The van der Waals surface area contributed by atoms with Crippen LogP contribution in [0.1, 0.15) is 50.4 Å². The fraction of sp³-hybridized carbons (Fsp3) is 0.636. The summed E-state index contributed by atoms with van der Waals surface area (Å²) in [5.74, 6) is 2.29.